The lowest BCUT2D eigenvalue weighted by molar-refractivity contribution is 0.0917. The maximum absolute atomic E-state index is 12.8. The van der Waals surface area contributed by atoms with E-state index >= 15 is 0 Å². The van der Waals surface area contributed by atoms with Gasteiger partial charge in [0.25, 0.3) is 0 Å². The number of ether oxygens (including phenoxy) is 1. The fraction of sp³-hybridized carbons (Fsp3) is 0.524. The second-order valence-corrected chi connectivity index (χ2v) is 9.16. The van der Waals surface area contributed by atoms with E-state index < -0.39 is 0 Å². The number of hydrogen-bond acceptors (Lipinski definition) is 5. The Morgan fingerprint density at radius 1 is 1.22 bits per heavy atom. The van der Waals surface area contributed by atoms with Crippen LogP contribution in [0.25, 0.3) is 0 Å². The van der Waals surface area contributed by atoms with Crippen LogP contribution < -0.4 is 4.90 Å². The predicted octanol–water partition coefficient (Wildman–Crippen LogP) is 3.18. The van der Waals surface area contributed by atoms with Crippen LogP contribution >= 0.6 is 11.3 Å². The molecule has 2 aromatic heterocycles. The van der Waals surface area contributed by atoms with Gasteiger partial charge in [0.15, 0.2) is 5.78 Å². The fourth-order valence-electron chi connectivity index (χ4n) is 3.77. The van der Waals surface area contributed by atoms with Gasteiger partial charge < -0.3 is 14.2 Å². The SMILES string of the molecule is Cc1nc(C#Cc2c(N3CCOCC3)sc3c2CC(C)(C)CC3=O)cn1C. The van der Waals surface area contributed by atoms with Crippen LogP contribution in [0.4, 0.5) is 5.00 Å². The standard InChI is InChI=1S/C21H25N3O2S/c1-14-22-15(13-23(14)4)5-6-16-17-11-21(2,3)12-18(25)19(17)27-20(16)24-7-9-26-10-8-24/h13H,7-12H2,1-4H3. The Morgan fingerprint density at radius 3 is 2.63 bits per heavy atom. The zero-order valence-electron chi connectivity index (χ0n) is 16.4. The fourth-order valence-corrected chi connectivity index (χ4v) is 5.03. The number of thiophene rings is 1. The summed E-state index contributed by atoms with van der Waals surface area (Å²) in [7, 11) is 1.97. The molecule has 0 aromatic carbocycles. The van der Waals surface area contributed by atoms with Gasteiger partial charge in [0, 0.05) is 32.8 Å². The molecular weight excluding hydrogens is 358 g/mol. The molecule has 0 amide bonds. The number of aryl methyl sites for hydroxylation is 2. The van der Waals surface area contributed by atoms with Gasteiger partial charge in [0.05, 0.1) is 23.7 Å². The van der Waals surface area contributed by atoms with Crippen LogP contribution in [0.3, 0.4) is 0 Å². The molecule has 0 saturated carbocycles. The molecular formula is C21H25N3O2S. The number of ketones is 1. The highest BCUT2D eigenvalue weighted by molar-refractivity contribution is 7.18. The second-order valence-electron chi connectivity index (χ2n) is 8.16. The van der Waals surface area contributed by atoms with Gasteiger partial charge in [-0.25, -0.2) is 4.98 Å². The third-order valence-electron chi connectivity index (χ3n) is 5.26. The van der Waals surface area contributed by atoms with Crippen molar-refractivity contribution in [2.75, 3.05) is 31.2 Å². The third-order valence-corrected chi connectivity index (χ3v) is 6.59. The van der Waals surface area contributed by atoms with E-state index in [1.807, 2.05) is 24.7 Å². The molecule has 27 heavy (non-hydrogen) atoms. The summed E-state index contributed by atoms with van der Waals surface area (Å²) >= 11 is 1.61. The molecule has 5 nitrogen and oxygen atoms in total. The van der Waals surface area contributed by atoms with E-state index in [0.29, 0.717) is 19.6 Å². The van der Waals surface area contributed by atoms with Crippen LogP contribution in [-0.4, -0.2) is 41.6 Å². The molecule has 1 aliphatic carbocycles. The van der Waals surface area contributed by atoms with Gasteiger partial charge >= 0.3 is 0 Å². The number of hydrogen-bond donors (Lipinski definition) is 0. The zero-order valence-corrected chi connectivity index (χ0v) is 17.2. The monoisotopic (exact) mass is 383 g/mol. The van der Waals surface area contributed by atoms with E-state index in [1.165, 1.54) is 0 Å². The van der Waals surface area contributed by atoms with Gasteiger partial charge in [-0.05, 0) is 30.2 Å². The number of nitrogens with zero attached hydrogens (tertiary/aromatic N) is 3. The Kier molecular flexibility index (Phi) is 4.61. The number of carbonyl (C=O) groups excluding carboxylic acids is 1. The van der Waals surface area contributed by atoms with E-state index in [2.05, 4.69) is 35.6 Å². The maximum atomic E-state index is 12.8. The van der Waals surface area contributed by atoms with Crippen molar-refractivity contribution in [3.63, 3.8) is 0 Å². The summed E-state index contributed by atoms with van der Waals surface area (Å²) < 4.78 is 7.48. The highest BCUT2D eigenvalue weighted by atomic mass is 32.1. The number of imidazole rings is 1. The summed E-state index contributed by atoms with van der Waals surface area (Å²) in [5.74, 6) is 7.81. The summed E-state index contributed by atoms with van der Waals surface area (Å²) in [4.78, 5) is 20.5. The first-order chi connectivity index (χ1) is 12.8. The van der Waals surface area contributed by atoms with Crippen molar-refractivity contribution in [3.05, 3.63) is 33.7 Å². The first kappa shape index (κ1) is 18.3. The van der Waals surface area contributed by atoms with E-state index in [4.69, 9.17) is 4.74 Å². The number of fused-ring (bicyclic) bond motifs is 1. The highest BCUT2D eigenvalue weighted by Crippen LogP contribution is 2.44. The molecule has 0 unspecified atom stereocenters. The quantitative estimate of drug-likeness (QED) is 0.710. The van der Waals surface area contributed by atoms with Crippen molar-refractivity contribution in [3.8, 4) is 11.8 Å². The molecule has 2 aliphatic rings. The van der Waals surface area contributed by atoms with Gasteiger partial charge in [0.2, 0.25) is 0 Å². The Hall–Kier alpha value is -2.10. The number of aromatic nitrogens is 2. The van der Waals surface area contributed by atoms with Gasteiger partial charge in [-0.1, -0.05) is 19.8 Å². The normalized spacial score (nSPS) is 18.8. The van der Waals surface area contributed by atoms with Gasteiger partial charge in [0.1, 0.15) is 16.5 Å². The van der Waals surface area contributed by atoms with Gasteiger partial charge in [-0.2, -0.15) is 0 Å². The Labute approximate surface area is 164 Å². The minimum atomic E-state index is -0.0224. The van der Waals surface area contributed by atoms with Crippen molar-refractivity contribution in [1.82, 2.24) is 9.55 Å². The zero-order chi connectivity index (χ0) is 19.2. The topological polar surface area (TPSA) is 47.4 Å². The summed E-state index contributed by atoms with van der Waals surface area (Å²) in [6.07, 6.45) is 3.44. The van der Waals surface area contributed by atoms with E-state index in [-0.39, 0.29) is 11.2 Å². The number of Topliss-reactive ketones (excluding diaryl/α,β-unsaturated/α-hetero) is 1. The number of rotatable bonds is 1. The van der Waals surface area contributed by atoms with Crippen LogP contribution in [0.15, 0.2) is 6.20 Å². The molecule has 0 bridgehead atoms. The first-order valence-corrected chi connectivity index (χ1v) is 10.2. The average molecular weight is 384 g/mol. The lowest BCUT2D eigenvalue weighted by Gasteiger charge is -2.29. The Morgan fingerprint density at radius 2 is 1.96 bits per heavy atom. The molecule has 3 heterocycles. The smallest absolute Gasteiger partial charge is 0.173 e. The van der Waals surface area contributed by atoms with Crippen LogP contribution in [0.1, 0.15) is 52.6 Å². The van der Waals surface area contributed by atoms with Crippen molar-refractivity contribution >= 4 is 22.1 Å². The molecule has 0 spiro atoms. The van der Waals surface area contributed by atoms with Crippen LogP contribution in [0.5, 0.6) is 0 Å². The summed E-state index contributed by atoms with van der Waals surface area (Å²) in [6, 6.07) is 0. The van der Waals surface area contributed by atoms with Crippen LogP contribution in [0.2, 0.25) is 0 Å². The van der Waals surface area contributed by atoms with Crippen LogP contribution in [0, 0.1) is 24.2 Å². The number of morpholine rings is 1. The van der Waals surface area contributed by atoms with E-state index in [1.54, 1.807) is 11.3 Å². The number of carbonyl (C=O) groups is 1. The molecule has 0 atom stereocenters. The van der Waals surface area contributed by atoms with Crippen molar-refractivity contribution in [1.29, 1.82) is 0 Å². The molecule has 2 aromatic rings. The molecule has 1 saturated heterocycles. The molecule has 1 fully saturated rings. The average Bonchev–Trinajstić information content (AvgIpc) is 3.13. The van der Waals surface area contributed by atoms with Gasteiger partial charge in [-0.3, -0.25) is 4.79 Å². The summed E-state index contributed by atoms with van der Waals surface area (Å²) in [5, 5.41) is 1.12. The Balaban J connectivity index is 1.81. The molecule has 0 radical (unpaired) electrons. The lowest BCUT2D eigenvalue weighted by Crippen LogP contribution is -2.36. The minimum Gasteiger partial charge on any atom is -0.378 e. The molecule has 6 heteroatoms. The first-order valence-electron chi connectivity index (χ1n) is 9.37. The maximum Gasteiger partial charge on any atom is 0.173 e. The highest BCUT2D eigenvalue weighted by Gasteiger charge is 2.36. The van der Waals surface area contributed by atoms with Crippen LogP contribution in [-0.2, 0) is 18.2 Å². The van der Waals surface area contributed by atoms with Crippen molar-refractivity contribution < 1.29 is 9.53 Å². The largest absolute Gasteiger partial charge is 0.378 e. The molecule has 0 N–H and O–H groups in total. The lowest BCUT2D eigenvalue weighted by atomic mass is 9.75. The molecule has 142 valence electrons. The minimum absolute atomic E-state index is 0.0224. The van der Waals surface area contributed by atoms with E-state index in [0.717, 1.165) is 52.0 Å². The number of anilines is 1. The summed E-state index contributed by atoms with van der Waals surface area (Å²) in [6.45, 7) is 9.42. The van der Waals surface area contributed by atoms with Crippen molar-refractivity contribution in [2.24, 2.45) is 12.5 Å². The molecule has 1 aliphatic heterocycles. The summed E-state index contributed by atoms with van der Waals surface area (Å²) in [5.41, 5.74) is 2.89. The molecule has 4 rings (SSSR count). The third kappa shape index (κ3) is 3.54. The predicted molar refractivity (Wildman–Crippen MR) is 108 cm³/mol. The van der Waals surface area contributed by atoms with Gasteiger partial charge in [-0.15, -0.1) is 11.3 Å². The Bertz CT molecular complexity index is 933. The second kappa shape index (κ2) is 6.81. The van der Waals surface area contributed by atoms with E-state index in [9.17, 15) is 4.79 Å². The van der Waals surface area contributed by atoms with Crippen molar-refractivity contribution in [2.45, 2.75) is 33.6 Å².